The number of benzene rings is 4. The summed E-state index contributed by atoms with van der Waals surface area (Å²) < 4.78 is 0. The zero-order chi connectivity index (χ0) is 15.8. The van der Waals surface area contributed by atoms with Crippen molar-refractivity contribution in [3.05, 3.63) is 78.9 Å². The Morgan fingerprint density at radius 3 is 1.91 bits per heavy atom. The Morgan fingerprint density at radius 1 is 0.609 bits per heavy atom. The van der Waals surface area contributed by atoms with Gasteiger partial charge in [-0.05, 0) is 57.4 Å². The van der Waals surface area contributed by atoms with E-state index in [0.717, 1.165) is 0 Å². The lowest BCUT2D eigenvalue weighted by Gasteiger charge is -2.12. The first-order valence-electron chi connectivity index (χ1n) is 7.92. The Kier molecular flexibility index (Phi) is 3.63. The summed E-state index contributed by atoms with van der Waals surface area (Å²) in [5.74, 6) is 0. The van der Waals surface area contributed by atoms with Crippen LogP contribution in [0.4, 0.5) is 0 Å². The lowest BCUT2D eigenvalue weighted by molar-refractivity contribution is 1.69. The first-order chi connectivity index (χ1) is 11.2. The molecule has 4 aromatic carbocycles. The van der Waals surface area contributed by atoms with E-state index in [1.807, 2.05) is 0 Å². The smallest absolute Gasteiger partial charge is 0.00990 e. The fourth-order valence-corrected chi connectivity index (χ4v) is 3.98. The number of fused-ring (bicyclic) bond motifs is 3. The standard InChI is InChI=1S/C22H19P/c1-23(2)18-13-11-16(12-14-18)22-15-17-7-3-4-8-19(17)20-9-5-6-10-21(20)22/h3-15H,1-2H3. The number of hydrogen-bond donors (Lipinski definition) is 0. The van der Waals surface area contributed by atoms with Gasteiger partial charge < -0.3 is 0 Å². The van der Waals surface area contributed by atoms with Crippen molar-refractivity contribution in [2.75, 3.05) is 13.3 Å². The van der Waals surface area contributed by atoms with Crippen LogP contribution in [0.1, 0.15) is 0 Å². The monoisotopic (exact) mass is 314 g/mol. The minimum atomic E-state index is -0.0397. The molecule has 112 valence electrons. The largest absolute Gasteiger partial charge is 0.0817 e. The van der Waals surface area contributed by atoms with Crippen LogP contribution in [0.25, 0.3) is 32.7 Å². The lowest BCUT2D eigenvalue weighted by Crippen LogP contribution is -1.97. The van der Waals surface area contributed by atoms with Crippen LogP contribution in [0.2, 0.25) is 0 Å². The molecule has 0 aromatic heterocycles. The molecule has 0 radical (unpaired) electrons. The Bertz CT molecular complexity index is 982. The molecule has 0 atom stereocenters. The fraction of sp³-hybridized carbons (Fsp3) is 0.0909. The van der Waals surface area contributed by atoms with Crippen molar-refractivity contribution in [2.45, 2.75) is 0 Å². The molecule has 0 saturated heterocycles. The zero-order valence-corrected chi connectivity index (χ0v) is 14.3. The average molecular weight is 314 g/mol. The van der Waals surface area contributed by atoms with Gasteiger partial charge in [0.15, 0.2) is 0 Å². The van der Waals surface area contributed by atoms with Gasteiger partial charge in [-0.15, -0.1) is 0 Å². The molecular formula is C22H19P. The Labute approximate surface area is 138 Å². The van der Waals surface area contributed by atoms with Crippen LogP contribution >= 0.6 is 7.92 Å². The first-order valence-corrected chi connectivity index (χ1v) is 10.2. The third kappa shape index (κ3) is 2.54. The molecule has 0 bridgehead atoms. The Hall–Kier alpha value is -2.17. The highest BCUT2D eigenvalue weighted by Crippen LogP contribution is 2.35. The molecule has 0 heterocycles. The molecule has 0 saturated carbocycles. The molecule has 0 N–H and O–H groups in total. The summed E-state index contributed by atoms with van der Waals surface area (Å²) in [7, 11) is -0.0397. The van der Waals surface area contributed by atoms with E-state index in [0.29, 0.717) is 0 Å². The van der Waals surface area contributed by atoms with Crippen LogP contribution < -0.4 is 5.30 Å². The van der Waals surface area contributed by atoms with Gasteiger partial charge in [0.05, 0.1) is 0 Å². The van der Waals surface area contributed by atoms with Gasteiger partial charge >= 0.3 is 0 Å². The summed E-state index contributed by atoms with van der Waals surface area (Å²) in [6, 6.07) is 28.8. The van der Waals surface area contributed by atoms with Gasteiger partial charge in [0.2, 0.25) is 0 Å². The van der Waals surface area contributed by atoms with Crippen molar-refractivity contribution in [3.8, 4) is 11.1 Å². The van der Waals surface area contributed by atoms with E-state index in [2.05, 4.69) is 92.2 Å². The molecule has 0 nitrogen and oxygen atoms in total. The van der Waals surface area contributed by atoms with E-state index in [-0.39, 0.29) is 7.92 Å². The SMILES string of the molecule is CP(C)c1ccc(-c2cc3ccccc3c3ccccc23)cc1. The molecule has 0 aliphatic heterocycles. The number of rotatable bonds is 2. The van der Waals surface area contributed by atoms with Gasteiger partial charge in [-0.1, -0.05) is 80.7 Å². The Morgan fingerprint density at radius 2 is 1.22 bits per heavy atom. The number of hydrogen-bond acceptors (Lipinski definition) is 0. The highest BCUT2D eigenvalue weighted by molar-refractivity contribution is 7.64. The van der Waals surface area contributed by atoms with Crippen LogP contribution in [-0.4, -0.2) is 13.3 Å². The summed E-state index contributed by atoms with van der Waals surface area (Å²) in [5, 5.41) is 6.74. The van der Waals surface area contributed by atoms with Crippen molar-refractivity contribution in [1.29, 1.82) is 0 Å². The van der Waals surface area contributed by atoms with E-state index < -0.39 is 0 Å². The van der Waals surface area contributed by atoms with Gasteiger partial charge in [-0.3, -0.25) is 0 Å². The molecule has 0 amide bonds. The van der Waals surface area contributed by atoms with E-state index in [1.54, 1.807) is 0 Å². The maximum absolute atomic E-state index is 2.33. The molecule has 4 aromatic rings. The predicted octanol–water partition coefficient (Wildman–Crippen LogP) is 6.03. The highest BCUT2D eigenvalue weighted by Gasteiger charge is 2.08. The topological polar surface area (TPSA) is 0 Å². The minimum absolute atomic E-state index is 0.0397. The van der Waals surface area contributed by atoms with Crippen molar-refractivity contribution in [2.24, 2.45) is 0 Å². The molecule has 0 aliphatic rings. The van der Waals surface area contributed by atoms with Crippen LogP contribution in [0.3, 0.4) is 0 Å². The van der Waals surface area contributed by atoms with E-state index >= 15 is 0 Å². The average Bonchev–Trinajstić information content (AvgIpc) is 2.61. The van der Waals surface area contributed by atoms with Crippen molar-refractivity contribution < 1.29 is 0 Å². The van der Waals surface area contributed by atoms with Crippen LogP contribution in [0, 0.1) is 0 Å². The molecule has 0 aliphatic carbocycles. The van der Waals surface area contributed by atoms with Gasteiger partial charge in [0.25, 0.3) is 0 Å². The van der Waals surface area contributed by atoms with Gasteiger partial charge in [0, 0.05) is 0 Å². The highest BCUT2D eigenvalue weighted by atomic mass is 31.1. The van der Waals surface area contributed by atoms with Gasteiger partial charge in [0.1, 0.15) is 0 Å². The lowest BCUT2D eigenvalue weighted by atomic mass is 9.93. The molecule has 0 unspecified atom stereocenters. The second kappa shape index (κ2) is 5.80. The summed E-state index contributed by atoms with van der Waals surface area (Å²) in [5.41, 5.74) is 2.62. The normalized spacial score (nSPS) is 11.4. The summed E-state index contributed by atoms with van der Waals surface area (Å²) >= 11 is 0. The van der Waals surface area contributed by atoms with E-state index in [4.69, 9.17) is 0 Å². The molecule has 1 heteroatoms. The van der Waals surface area contributed by atoms with E-state index in [9.17, 15) is 0 Å². The maximum Gasteiger partial charge on any atom is -0.00990 e. The second-order valence-electron chi connectivity index (χ2n) is 6.13. The molecule has 23 heavy (non-hydrogen) atoms. The van der Waals surface area contributed by atoms with Gasteiger partial charge in [-0.2, -0.15) is 0 Å². The quantitative estimate of drug-likeness (QED) is 0.313. The van der Waals surface area contributed by atoms with Crippen molar-refractivity contribution in [1.82, 2.24) is 0 Å². The van der Waals surface area contributed by atoms with E-state index in [1.165, 1.54) is 38.0 Å². The summed E-state index contributed by atoms with van der Waals surface area (Å²) in [6.07, 6.45) is 0. The van der Waals surface area contributed by atoms with Crippen LogP contribution in [0.15, 0.2) is 78.9 Å². The molecule has 0 spiro atoms. The zero-order valence-electron chi connectivity index (χ0n) is 13.5. The third-order valence-corrected chi connectivity index (χ3v) is 5.79. The van der Waals surface area contributed by atoms with Crippen LogP contribution in [0.5, 0.6) is 0 Å². The molecule has 4 rings (SSSR count). The molecule has 0 fully saturated rings. The maximum atomic E-state index is 2.33. The van der Waals surface area contributed by atoms with Crippen LogP contribution in [-0.2, 0) is 0 Å². The van der Waals surface area contributed by atoms with Gasteiger partial charge in [-0.25, -0.2) is 0 Å². The minimum Gasteiger partial charge on any atom is -0.0817 e. The van der Waals surface area contributed by atoms with Crippen molar-refractivity contribution in [3.63, 3.8) is 0 Å². The predicted molar refractivity (Wildman–Crippen MR) is 105 cm³/mol. The second-order valence-corrected chi connectivity index (χ2v) is 8.44. The first kappa shape index (κ1) is 14.4. The summed E-state index contributed by atoms with van der Waals surface area (Å²) in [4.78, 5) is 0. The Balaban J connectivity index is 2.01. The molecular weight excluding hydrogens is 295 g/mol. The van der Waals surface area contributed by atoms with Crippen molar-refractivity contribution >= 4 is 34.8 Å². The third-order valence-electron chi connectivity index (χ3n) is 4.46. The summed E-state index contributed by atoms with van der Waals surface area (Å²) in [6.45, 7) is 4.60. The fourth-order valence-electron chi connectivity index (χ4n) is 3.23.